The predicted molar refractivity (Wildman–Crippen MR) is 123 cm³/mol. The second-order valence-corrected chi connectivity index (χ2v) is 10.4. The number of carbonyl (C=O) groups excluding carboxylic acids is 3. The van der Waals surface area contributed by atoms with Crippen LogP contribution in [0, 0.1) is 5.92 Å². The summed E-state index contributed by atoms with van der Waals surface area (Å²) in [6.07, 6.45) is 4.88. The zero-order chi connectivity index (χ0) is 22.9. The molecule has 5 atom stereocenters. The molecule has 1 aliphatic carbocycles. The Hall–Kier alpha value is -2.20. The zero-order valence-electron chi connectivity index (χ0n) is 18.0. The summed E-state index contributed by atoms with van der Waals surface area (Å²) in [5.41, 5.74) is 0.703. The average Bonchev–Trinajstić information content (AvgIpc) is 3.56. The van der Waals surface area contributed by atoms with Gasteiger partial charge in [-0.05, 0) is 37.1 Å². The van der Waals surface area contributed by atoms with Gasteiger partial charge in [-0.25, -0.2) is 0 Å². The minimum atomic E-state index is -0.355. The van der Waals surface area contributed by atoms with Crippen molar-refractivity contribution in [2.24, 2.45) is 5.92 Å². The van der Waals surface area contributed by atoms with Crippen molar-refractivity contribution in [3.63, 3.8) is 0 Å². The lowest BCUT2D eigenvalue weighted by Gasteiger charge is -2.39. The van der Waals surface area contributed by atoms with Gasteiger partial charge < -0.3 is 10.1 Å². The largest absolute Gasteiger partial charge is 0.367 e. The van der Waals surface area contributed by atoms with Crippen LogP contribution in [0.3, 0.4) is 0 Å². The van der Waals surface area contributed by atoms with Crippen LogP contribution in [0.4, 0.5) is 0 Å². The van der Waals surface area contributed by atoms with Crippen molar-refractivity contribution in [1.82, 2.24) is 20.4 Å². The van der Waals surface area contributed by atoms with E-state index >= 15 is 0 Å². The normalized spacial score (nSPS) is 29.7. The van der Waals surface area contributed by atoms with E-state index in [0.717, 1.165) is 30.6 Å². The molecule has 8 nitrogen and oxygen atoms in total. The molecular weight excluding hydrogens is 464 g/mol. The van der Waals surface area contributed by atoms with Crippen LogP contribution in [0.15, 0.2) is 30.5 Å². The number of alkyl halides is 1. The molecule has 2 saturated heterocycles. The second-order valence-electron chi connectivity index (χ2n) is 8.78. The first-order chi connectivity index (χ1) is 16.0. The molecule has 5 rings (SSSR count). The Balaban J connectivity index is 1.23. The van der Waals surface area contributed by atoms with E-state index in [2.05, 4.69) is 20.4 Å². The summed E-state index contributed by atoms with van der Waals surface area (Å²) < 4.78 is 5.61. The lowest BCUT2D eigenvalue weighted by molar-refractivity contribution is -0.128. The van der Waals surface area contributed by atoms with Gasteiger partial charge in [0.15, 0.2) is 11.6 Å². The molecule has 1 N–H and O–H groups in total. The fourth-order valence-corrected chi connectivity index (χ4v) is 6.53. The summed E-state index contributed by atoms with van der Waals surface area (Å²) in [4.78, 5) is 41.7. The summed E-state index contributed by atoms with van der Waals surface area (Å²) in [5.74, 6) is -0.463. The average molecular weight is 489 g/mol. The molecule has 2 aromatic rings. The van der Waals surface area contributed by atoms with Crippen molar-refractivity contribution in [2.75, 3.05) is 19.7 Å². The van der Waals surface area contributed by atoms with E-state index < -0.39 is 0 Å². The van der Waals surface area contributed by atoms with Gasteiger partial charge in [0, 0.05) is 24.7 Å². The smallest absolute Gasteiger partial charge is 0.261 e. The summed E-state index contributed by atoms with van der Waals surface area (Å²) >= 11 is 7.78. The first-order valence-electron chi connectivity index (χ1n) is 11.3. The number of hydrogen-bond donors (Lipinski definition) is 1. The van der Waals surface area contributed by atoms with Crippen LogP contribution in [0.25, 0.3) is 10.6 Å². The van der Waals surface area contributed by atoms with Gasteiger partial charge >= 0.3 is 0 Å². The van der Waals surface area contributed by atoms with Crippen LogP contribution < -0.4 is 5.32 Å². The molecule has 3 aliphatic rings. The van der Waals surface area contributed by atoms with Crippen molar-refractivity contribution in [1.29, 1.82) is 0 Å². The van der Waals surface area contributed by atoms with Crippen molar-refractivity contribution in [2.45, 2.75) is 49.2 Å². The van der Waals surface area contributed by atoms with E-state index in [4.69, 9.17) is 16.3 Å². The van der Waals surface area contributed by atoms with Crippen molar-refractivity contribution >= 4 is 40.4 Å². The highest BCUT2D eigenvalue weighted by Gasteiger charge is 2.53. The van der Waals surface area contributed by atoms with Crippen LogP contribution in [-0.4, -0.2) is 75.8 Å². The maximum Gasteiger partial charge on any atom is 0.261 e. The number of amides is 1. The number of nitrogens with zero attached hydrogens (tertiary/aromatic N) is 3. The SMILES string of the molecule is O=C(NCC(=O)C1CCCCC1N1C[C@H](Cl)[C@H]2OCC(=O)[C@H]21)c1ccc(-c2cccnn2)s1. The van der Waals surface area contributed by atoms with E-state index in [1.54, 1.807) is 18.3 Å². The molecule has 2 unspecified atom stereocenters. The fraction of sp³-hybridized carbons (Fsp3) is 0.522. The van der Waals surface area contributed by atoms with Crippen LogP contribution in [0.5, 0.6) is 0 Å². The number of halogens is 1. The van der Waals surface area contributed by atoms with Gasteiger partial charge in [-0.2, -0.15) is 5.10 Å². The van der Waals surface area contributed by atoms with Crippen molar-refractivity contribution in [3.8, 4) is 10.6 Å². The number of thiophene rings is 1. The maximum atomic E-state index is 13.2. The molecule has 1 saturated carbocycles. The Labute approximate surface area is 200 Å². The first-order valence-corrected chi connectivity index (χ1v) is 12.5. The number of carbonyl (C=O) groups is 3. The highest BCUT2D eigenvalue weighted by molar-refractivity contribution is 7.17. The number of fused-ring (bicyclic) bond motifs is 1. The van der Waals surface area contributed by atoms with Crippen LogP contribution in [0.1, 0.15) is 35.4 Å². The number of ketones is 2. The highest BCUT2D eigenvalue weighted by atomic mass is 35.5. The van der Waals surface area contributed by atoms with Gasteiger partial charge in [0.2, 0.25) is 0 Å². The number of ether oxygens (including phenoxy) is 1. The van der Waals surface area contributed by atoms with Gasteiger partial charge in [-0.15, -0.1) is 28.0 Å². The molecular formula is C23H25ClN4O4S. The van der Waals surface area contributed by atoms with Crippen LogP contribution in [-0.2, 0) is 14.3 Å². The van der Waals surface area contributed by atoms with E-state index in [9.17, 15) is 14.4 Å². The zero-order valence-corrected chi connectivity index (χ0v) is 19.6. The molecule has 33 heavy (non-hydrogen) atoms. The Morgan fingerprint density at radius 3 is 2.91 bits per heavy atom. The standard InChI is InChI=1S/C23H25ClN4O4S/c24-14-11-28(21-18(30)12-32-22(14)21)16-6-2-1-4-13(16)17(29)10-25-23(31)20-8-7-19(33-20)15-5-3-9-26-27-15/h3,5,7-9,13-14,16,21-22H,1-2,4,6,10-12H2,(H,25,31)/t13?,14-,16?,21+,22+/m0/s1. The number of nitrogens with one attached hydrogen (secondary N) is 1. The lowest BCUT2D eigenvalue weighted by Crippen LogP contribution is -2.52. The minimum absolute atomic E-state index is 0.000285. The summed E-state index contributed by atoms with van der Waals surface area (Å²) in [6, 6.07) is 6.79. The Morgan fingerprint density at radius 1 is 1.24 bits per heavy atom. The third-order valence-electron chi connectivity index (χ3n) is 6.80. The van der Waals surface area contributed by atoms with Gasteiger partial charge in [0.25, 0.3) is 5.91 Å². The monoisotopic (exact) mass is 488 g/mol. The van der Waals surface area contributed by atoms with E-state index in [1.165, 1.54) is 11.3 Å². The molecule has 3 fully saturated rings. The van der Waals surface area contributed by atoms with Crippen molar-refractivity contribution in [3.05, 3.63) is 35.3 Å². The summed E-state index contributed by atoms with van der Waals surface area (Å²) in [7, 11) is 0. The molecule has 174 valence electrons. The molecule has 4 heterocycles. The number of hydrogen-bond acceptors (Lipinski definition) is 8. The van der Waals surface area contributed by atoms with Gasteiger partial charge in [0.1, 0.15) is 12.3 Å². The van der Waals surface area contributed by atoms with Crippen molar-refractivity contribution < 1.29 is 19.1 Å². The van der Waals surface area contributed by atoms with Gasteiger partial charge in [0.05, 0.1) is 33.8 Å². The fourth-order valence-electron chi connectivity index (χ4n) is 5.27. The van der Waals surface area contributed by atoms with E-state index in [1.807, 2.05) is 12.1 Å². The molecule has 0 radical (unpaired) electrons. The third kappa shape index (κ3) is 4.47. The first kappa shape index (κ1) is 22.6. The molecule has 2 aromatic heterocycles. The Bertz CT molecular complexity index is 1050. The quantitative estimate of drug-likeness (QED) is 0.622. The number of rotatable bonds is 6. The Kier molecular flexibility index (Phi) is 6.56. The summed E-state index contributed by atoms with van der Waals surface area (Å²) in [6.45, 7) is 0.604. The van der Waals surface area contributed by atoms with Crippen LogP contribution >= 0.6 is 22.9 Å². The Morgan fingerprint density at radius 2 is 2.09 bits per heavy atom. The van der Waals surface area contributed by atoms with E-state index in [-0.39, 0.29) is 60.1 Å². The van der Waals surface area contributed by atoms with Crippen LogP contribution in [0.2, 0.25) is 0 Å². The second kappa shape index (κ2) is 9.58. The molecule has 1 amide bonds. The third-order valence-corrected chi connectivity index (χ3v) is 8.30. The molecule has 0 aromatic carbocycles. The lowest BCUT2D eigenvalue weighted by atomic mass is 9.80. The predicted octanol–water partition coefficient (Wildman–Crippen LogP) is 2.32. The number of aromatic nitrogens is 2. The molecule has 0 bridgehead atoms. The summed E-state index contributed by atoms with van der Waals surface area (Å²) in [5, 5.41) is 10.5. The molecule has 2 aliphatic heterocycles. The van der Waals surface area contributed by atoms with E-state index in [0.29, 0.717) is 17.1 Å². The van der Waals surface area contributed by atoms with Gasteiger partial charge in [-0.3, -0.25) is 19.3 Å². The number of likely N-dealkylation sites (tertiary alicyclic amines) is 1. The highest BCUT2D eigenvalue weighted by Crippen LogP contribution is 2.38. The topological polar surface area (TPSA) is 101 Å². The molecule has 10 heteroatoms. The number of Topliss-reactive ketones (excluding diaryl/α,β-unsaturated/α-hetero) is 2. The van der Waals surface area contributed by atoms with Gasteiger partial charge in [-0.1, -0.05) is 12.8 Å². The minimum Gasteiger partial charge on any atom is -0.367 e. The maximum absolute atomic E-state index is 13.2. The molecule has 0 spiro atoms.